The number of fused-ring (bicyclic) bond motifs is 1. The Hall–Kier alpha value is -2.60. The van der Waals surface area contributed by atoms with Gasteiger partial charge in [-0.2, -0.15) is 13.2 Å². The number of halogens is 3. The Morgan fingerprint density at radius 2 is 1.85 bits per heavy atom. The summed E-state index contributed by atoms with van der Waals surface area (Å²) >= 11 is 0. The highest BCUT2D eigenvalue weighted by Gasteiger charge is 2.40. The number of nitrogens with one attached hydrogen (secondary N) is 2. The maximum absolute atomic E-state index is 12.7. The van der Waals surface area contributed by atoms with Crippen LogP contribution in [0.5, 0.6) is 0 Å². The highest BCUT2D eigenvalue weighted by molar-refractivity contribution is 6.02. The summed E-state index contributed by atoms with van der Waals surface area (Å²) < 4.78 is 38.1. The molecule has 3 nitrogen and oxygen atoms in total. The lowest BCUT2D eigenvalue weighted by atomic mass is 9.74. The summed E-state index contributed by atoms with van der Waals surface area (Å²) in [5.41, 5.74) is 2.31. The van der Waals surface area contributed by atoms with E-state index in [4.69, 9.17) is 0 Å². The molecule has 0 radical (unpaired) electrons. The van der Waals surface area contributed by atoms with Crippen molar-refractivity contribution in [3.05, 3.63) is 71.4 Å². The van der Waals surface area contributed by atoms with Crippen molar-refractivity contribution in [2.24, 2.45) is 0 Å². The van der Waals surface area contributed by atoms with Gasteiger partial charge >= 0.3 is 6.18 Å². The number of benzene rings is 2. The molecule has 1 unspecified atom stereocenters. The van der Waals surface area contributed by atoms with E-state index in [2.05, 4.69) is 22.4 Å². The van der Waals surface area contributed by atoms with Gasteiger partial charge in [0.15, 0.2) is 0 Å². The summed E-state index contributed by atoms with van der Waals surface area (Å²) in [4.78, 5) is 14.1. The van der Waals surface area contributed by atoms with E-state index in [9.17, 15) is 18.0 Å². The van der Waals surface area contributed by atoms with E-state index in [1.807, 2.05) is 30.3 Å². The quantitative estimate of drug-likeness (QED) is 0.668. The second kappa shape index (κ2) is 6.53. The average Bonchev–Trinajstić information content (AvgIpc) is 3.28. The molecule has 27 heavy (non-hydrogen) atoms. The van der Waals surface area contributed by atoms with Gasteiger partial charge in [0, 0.05) is 22.9 Å². The Morgan fingerprint density at radius 1 is 1.07 bits per heavy atom. The molecule has 0 amide bonds. The number of aromatic amines is 1. The number of H-pyrrole nitrogens is 1. The van der Waals surface area contributed by atoms with Crippen molar-refractivity contribution in [2.75, 3.05) is 13.1 Å². The van der Waals surface area contributed by atoms with E-state index < -0.39 is 17.7 Å². The third-order valence-corrected chi connectivity index (χ3v) is 5.36. The molecule has 0 saturated carbocycles. The topological polar surface area (TPSA) is 44.9 Å². The average molecular weight is 372 g/mol. The number of hydrogen-bond acceptors (Lipinski definition) is 2. The molecule has 2 heterocycles. The van der Waals surface area contributed by atoms with Crippen molar-refractivity contribution < 1.29 is 18.0 Å². The molecular formula is C21H19F3N2O. The summed E-state index contributed by atoms with van der Waals surface area (Å²) in [6, 6.07) is 17.1. The lowest BCUT2D eigenvalue weighted by Crippen LogP contribution is -2.31. The fourth-order valence-corrected chi connectivity index (χ4v) is 3.97. The molecule has 2 aromatic carbocycles. The fraction of sp³-hybridized carbons (Fsp3) is 0.286. The Labute approximate surface area is 154 Å². The maximum Gasteiger partial charge on any atom is 0.456 e. The molecule has 0 spiro atoms. The first kappa shape index (κ1) is 17.8. The summed E-state index contributed by atoms with van der Waals surface area (Å²) in [5.74, 6) is -1.85. The number of ketones is 1. The van der Waals surface area contributed by atoms with Crippen molar-refractivity contribution in [1.82, 2.24) is 10.3 Å². The minimum Gasteiger partial charge on any atom is -0.352 e. The van der Waals surface area contributed by atoms with Crippen LogP contribution in [0.25, 0.3) is 10.9 Å². The Balaban J connectivity index is 1.72. The second-order valence-electron chi connectivity index (χ2n) is 7.18. The van der Waals surface area contributed by atoms with Gasteiger partial charge in [-0.05, 0) is 48.7 Å². The zero-order valence-corrected chi connectivity index (χ0v) is 14.6. The maximum atomic E-state index is 12.7. The highest BCUT2D eigenvalue weighted by Crippen LogP contribution is 2.36. The summed E-state index contributed by atoms with van der Waals surface area (Å²) in [6.45, 7) is 1.71. The molecule has 3 aromatic rings. The van der Waals surface area contributed by atoms with Crippen LogP contribution in [0.15, 0.2) is 54.6 Å². The van der Waals surface area contributed by atoms with Crippen molar-refractivity contribution in [3.8, 4) is 0 Å². The first-order valence-electron chi connectivity index (χ1n) is 8.87. The lowest BCUT2D eigenvalue weighted by molar-refractivity contribution is -0.0887. The van der Waals surface area contributed by atoms with Gasteiger partial charge in [-0.25, -0.2) is 0 Å². The van der Waals surface area contributed by atoms with Crippen LogP contribution >= 0.6 is 0 Å². The predicted molar refractivity (Wildman–Crippen MR) is 98.0 cm³/mol. The standard InChI is InChI=1S/C21H19F3N2O/c22-21(23,24)19(27)18-11-15-10-16(6-7-17(15)26-18)20(8-9-25-13-20)12-14-4-2-1-3-5-14/h1-7,10-11,25-26H,8-9,12-13H2. The van der Waals surface area contributed by atoms with Gasteiger partial charge in [-0.1, -0.05) is 36.4 Å². The number of aromatic nitrogens is 1. The number of rotatable bonds is 4. The van der Waals surface area contributed by atoms with Crippen molar-refractivity contribution in [2.45, 2.75) is 24.4 Å². The van der Waals surface area contributed by atoms with Gasteiger partial charge in [0.2, 0.25) is 0 Å². The van der Waals surface area contributed by atoms with Crippen molar-refractivity contribution in [3.63, 3.8) is 0 Å². The molecular weight excluding hydrogens is 353 g/mol. The van der Waals surface area contributed by atoms with Crippen LogP contribution in [0, 0.1) is 0 Å². The van der Waals surface area contributed by atoms with Crippen LogP contribution in [0.3, 0.4) is 0 Å². The largest absolute Gasteiger partial charge is 0.456 e. The normalized spacial score (nSPS) is 20.3. The van der Waals surface area contributed by atoms with Crippen LogP contribution in [-0.4, -0.2) is 30.0 Å². The zero-order valence-electron chi connectivity index (χ0n) is 14.6. The minimum absolute atomic E-state index is 0.110. The fourth-order valence-electron chi connectivity index (χ4n) is 3.97. The molecule has 0 bridgehead atoms. The second-order valence-corrected chi connectivity index (χ2v) is 7.18. The molecule has 1 saturated heterocycles. The number of hydrogen-bond donors (Lipinski definition) is 2. The lowest BCUT2D eigenvalue weighted by Gasteiger charge is -2.29. The van der Waals surface area contributed by atoms with E-state index in [1.165, 1.54) is 11.6 Å². The molecule has 6 heteroatoms. The Morgan fingerprint density at radius 3 is 2.52 bits per heavy atom. The molecule has 1 aromatic heterocycles. The molecule has 1 fully saturated rings. The SMILES string of the molecule is O=C(c1cc2cc(C3(Cc4ccccc4)CCNC3)ccc2[nH]1)C(F)(F)F. The van der Waals surface area contributed by atoms with Crippen LogP contribution in [0.1, 0.15) is 28.0 Å². The van der Waals surface area contributed by atoms with Gasteiger partial charge in [0.1, 0.15) is 0 Å². The number of carbonyl (C=O) groups is 1. The molecule has 4 rings (SSSR count). The molecule has 1 aliphatic heterocycles. The monoisotopic (exact) mass is 372 g/mol. The van der Waals surface area contributed by atoms with E-state index in [0.29, 0.717) is 10.9 Å². The van der Waals surface area contributed by atoms with Crippen molar-refractivity contribution >= 4 is 16.7 Å². The Kier molecular flexibility index (Phi) is 4.30. The summed E-state index contributed by atoms with van der Waals surface area (Å²) in [5, 5.41) is 4.04. The third-order valence-electron chi connectivity index (χ3n) is 5.36. The first-order chi connectivity index (χ1) is 12.9. The van der Waals surface area contributed by atoms with Crippen LogP contribution in [-0.2, 0) is 11.8 Å². The molecule has 2 N–H and O–H groups in total. The van der Waals surface area contributed by atoms with Crippen LogP contribution in [0.4, 0.5) is 13.2 Å². The minimum atomic E-state index is -4.88. The smallest absolute Gasteiger partial charge is 0.352 e. The number of carbonyl (C=O) groups excluding carboxylic acids is 1. The van der Waals surface area contributed by atoms with Gasteiger partial charge in [-0.15, -0.1) is 0 Å². The highest BCUT2D eigenvalue weighted by atomic mass is 19.4. The number of alkyl halides is 3. The first-order valence-corrected chi connectivity index (χ1v) is 8.87. The van der Waals surface area contributed by atoms with E-state index in [1.54, 1.807) is 6.07 Å². The van der Waals surface area contributed by atoms with Gasteiger partial charge in [0.05, 0.1) is 5.69 Å². The van der Waals surface area contributed by atoms with E-state index in [0.717, 1.165) is 31.5 Å². The summed E-state index contributed by atoms with van der Waals surface area (Å²) in [7, 11) is 0. The molecule has 0 aliphatic carbocycles. The van der Waals surface area contributed by atoms with Gasteiger partial charge in [-0.3, -0.25) is 4.79 Å². The summed E-state index contributed by atoms with van der Waals surface area (Å²) in [6.07, 6.45) is -3.08. The van der Waals surface area contributed by atoms with Crippen LogP contribution < -0.4 is 5.32 Å². The van der Waals surface area contributed by atoms with Gasteiger partial charge in [0.25, 0.3) is 5.78 Å². The van der Waals surface area contributed by atoms with Gasteiger partial charge < -0.3 is 10.3 Å². The number of Topliss-reactive ketones (excluding diaryl/α,β-unsaturated/α-hetero) is 1. The van der Waals surface area contributed by atoms with E-state index in [-0.39, 0.29) is 5.41 Å². The third kappa shape index (κ3) is 3.37. The van der Waals surface area contributed by atoms with Crippen LogP contribution in [0.2, 0.25) is 0 Å². The van der Waals surface area contributed by atoms with E-state index >= 15 is 0 Å². The predicted octanol–water partition coefficient (Wildman–Crippen LogP) is 4.39. The Bertz CT molecular complexity index is 970. The molecule has 1 atom stereocenters. The molecule has 1 aliphatic rings. The van der Waals surface area contributed by atoms with Crippen molar-refractivity contribution in [1.29, 1.82) is 0 Å². The molecule has 140 valence electrons. The zero-order chi connectivity index (χ0) is 19.1.